The minimum absolute atomic E-state index is 0.0554. The molecule has 202 valence electrons. The Kier molecular flexibility index (Phi) is 9.17. The summed E-state index contributed by atoms with van der Waals surface area (Å²) in [4.78, 5) is 16.6. The number of anilines is 2. The molecule has 1 unspecified atom stereocenters. The van der Waals surface area contributed by atoms with E-state index in [1.807, 2.05) is 62.5 Å². The van der Waals surface area contributed by atoms with Gasteiger partial charge in [-0.1, -0.05) is 90.0 Å². The van der Waals surface area contributed by atoms with Crippen molar-refractivity contribution in [3.8, 4) is 0 Å². The highest BCUT2D eigenvalue weighted by Gasteiger charge is 2.25. The lowest BCUT2D eigenvalue weighted by Gasteiger charge is -2.33. The number of nitrogens with zero attached hydrogens (tertiary/aromatic N) is 2. The smallest absolute Gasteiger partial charge is 0.240 e. The Hall–Kier alpha value is -3.94. The summed E-state index contributed by atoms with van der Waals surface area (Å²) in [6.07, 6.45) is 1.28. The molecule has 0 aromatic heterocycles. The van der Waals surface area contributed by atoms with Crippen molar-refractivity contribution in [3.05, 3.63) is 125 Å². The van der Waals surface area contributed by atoms with Crippen molar-refractivity contribution >= 4 is 27.8 Å². The largest absolute Gasteiger partial charge is 0.369 e. The van der Waals surface area contributed by atoms with E-state index in [0.29, 0.717) is 13.0 Å². The normalized spacial score (nSPS) is 12.1. The molecule has 0 saturated carbocycles. The second-order valence-electron chi connectivity index (χ2n) is 9.85. The Morgan fingerprint density at radius 3 is 1.87 bits per heavy atom. The van der Waals surface area contributed by atoms with Gasteiger partial charge in [0.15, 0.2) is 0 Å². The maximum Gasteiger partial charge on any atom is 0.240 e. The highest BCUT2D eigenvalue weighted by atomic mass is 32.2. The molecule has 0 heterocycles. The Balaban J connectivity index is 1.65. The third kappa shape index (κ3) is 7.34. The number of hydrogen-bond donors (Lipinski definition) is 1. The number of para-hydroxylation sites is 2. The molecule has 39 heavy (non-hydrogen) atoms. The summed E-state index contributed by atoms with van der Waals surface area (Å²) in [5.41, 5.74) is 6.11. The molecule has 0 bridgehead atoms. The van der Waals surface area contributed by atoms with E-state index in [2.05, 4.69) is 40.8 Å². The van der Waals surface area contributed by atoms with Gasteiger partial charge in [-0.15, -0.1) is 0 Å². The van der Waals surface area contributed by atoms with Crippen molar-refractivity contribution in [1.29, 1.82) is 0 Å². The van der Waals surface area contributed by atoms with Crippen LogP contribution in [0.2, 0.25) is 0 Å². The maximum atomic E-state index is 13.1. The minimum Gasteiger partial charge on any atom is -0.369 e. The maximum absolute atomic E-state index is 13.1. The van der Waals surface area contributed by atoms with Crippen LogP contribution in [0.5, 0.6) is 0 Å². The predicted molar refractivity (Wildman–Crippen MR) is 159 cm³/mol. The van der Waals surface area contributed by atoms with Gasteiger partial charge in [0.25, 0.3) is 0 Å². The van der Waals surface area contributed by atoms with E-state index >= 15 is 0 Å². The summed E-state index contributed by atoms with van der Waals surface area (Å²) in [6, 6.07) is 32.0. The number of sulfonamides is 1. The lowest BCUT2D eigenvalue weighted by Crippen LogP contribution is -2.45. The minimum atomic E-state index is -3.75. The molecule has 0 fully saturated rings. The van der Waals surface area contributed by atoms with E-state index in [9.17, 15) is 13.2 Å². The molecule has 1 N–H and O–H groups in total. The van der Waals surface area contributed by atoms with Crippen LogP contribution in [-0.2, 0) is 27.8 Å². The standard InChI is InChI=1S/C32H35N3O3S/c1-25-13-17-27(18-14-25)21-29(22-33-39(37,38)30-9-5-4-6-10-30)35(24-36)32-12-8-7-11-31(32)34(3)23-28-19-15-26(2)16-20-28/h4-20,24,29,33H,21-23H2,1-3H3. The molecule has 0 aliphatic heterocycles. The van der Waals surface area contributed by atoms with Crippen LogP contribution in [0.15, 0.2) is 108 Å². The van der Waals surface area contributed by atoms with Gasteiger partial charge in [-0.05, 0) is 55.7 Å². The van der Waals surface area contributed by atoms with Crippen molar-refractivity contribution in [2.24, 2.45) is 0 Å². The third-order valence-corrected chi connectivity index (χ3v) is 8.21. The van der Waals surface area contributed by atoms with Gasteiger partial charge in [-0.2, -0.15) is 0 Å². The first-order chi connectivity index (χ1) is 18.8. The fraction of sp³-hybridized carbons (Fsp3) is 0.219. The Morgan fingerprint density at radius 2 is 1.28 bits per heavy atom. The number of nitrogens with one attached hydrogen (secondary N) is 1. The van der Waals surface area contributed by atoms with E-state index in [-0.39, 0.29) is 11.4 Å². The van der Waals surface area contributed by atoms with Gasteiger partial charge in [0.2, 0.25) is 16.4 Å². The van der Waals surface area contributed by atoms with Crippen LogP contribution >= 0.6 is 0 Å². The predicted octanol–water partition coefficient (Wildman–Crippen LogP) is 5.49. The van der Waals surface area contributed by atoms with Crippen LogP contribution in [-0.4, -0.2) is 34.5 Å². The molecule has 0 saturated heterocycles. The molecular formula is C32H35N3O3S. The highest BCUT2D eigenvalue weighted by molar-refractivity contribution is 7.89. The number of carbonyl (C=O) groups excluding carboxylic acids is 1. The summed E-state index contributed by atoms with van der Waals surface area (Å²) < 4.78 is 28.9. The average Bonchev–Trinajstić information content (AvgIpc) is 2.95. The molecule has 4 aromatic carbocycles. The highest BCUT2D eigenvalue weighted by Crippen LogP contribution is 2.31. The SMILES string of the molecule is Cc1ccc(CC(CNS(=O)(=O)c2ccccc2)N(C=O)c2ccccc2N(C)Cc2ccc(C)cc2)cc1. The van der Waals surface area contributed by atoms with Gasteiger partial charge >= 0.3 is 0 Å². The second-order valence-corrected chi connectivity index (χ2v) is 11.6. The summed E-state index contributed by atoms with van der Waals surface area (Å²) in [5, 5.41) is 0. The van der Waals surface area contributed by atoms with Crippen LogP contribution in [0.3, 0.4) is 0 Å². The van der Waals surface area contributed by atoms with E-state index in [0.717, 1.165) is 34.5 Å². The summed E-state index contributed by atoms with van der Waals surface area (Å²) in [5.74, 6) is 0. The van der Waals surface area contributed by atoms with Crippen LogP contribution in [0, 0.1) is 13.8 Å². The lowest BCUT2D eigenvalue weighted by molar-refractivity contribution is -0.107. The first-order valence-corrected chi connectivity index (χ1v) is 14.4. The molecule has 7 heteroatoms. The van der Waals surface area contributed by atoms with Crippen LogP contribution in [0.4, 0.5) is 11.4 Å². The number of benzene rings is 4. The number of aryl methyl sites for hydroxylation is 2. The number of carbonyl (C=O) groups is 1. The molecule has 6 nitrogen and oxygen atoms in total. The fourth-order valence-corrected chi connectivity index (χ4v) is 5.65. The molecule has 0 aliphatic carbocycles. The van der Waals surface area contributed by atoms with Gasteiger partial charge in [0.1, 0.15) is 0 Å². The van der Waals surface area contributed by atoms with Crippen LogP contribution in [0.1, 0.15) is 22.3 Å². The van der Waals surface area contributed by atoms with Crippen LogP contribution < -0.4 is 14.5 Å². The van der Waals surface area contributed by atoms with Gasteiger partial charge in [0, 0.05) is 20.1 Å². The van der Waals surface area contributed by atoms with Gasteiger partial charge in [-0.3, -0.25) is 4.79 Å². The van der Waals surface area contributed by atoms with Crippen molar-refractivity contribution in [1.82, 2.24) is 4.72 Å². The van der Waals surface area contributed by atoms with Crippen molar-refractivity contribution in [2.45, 2.75) is 37.8 Å². The zero-order chi connectivity index (χ0) is 27.8. The molecule has 4 rings (SSSR count). The number of rotatable bonds is 12. The Labute approximate surface area is 232 Å². The molecule has 0 radical (unpaired) electrons. The van der Waals surface area contributed by atoms with E-state index < -0.39 is 16.1 Å². The van der Waals surface area contributed by atoms with Gasteiger partial charge in [0.05, 0.1) is 22.3 Å². The van der Waals surface area contributed by atoms with Crippen molar-refractivity contribution in [2.75, 3.05) is 23.4 Å². The Bertz CT molecular complexity index is 1470. The molecule has 0 aliphatic rings. The van der Waals surface area contributed by atoms with Gasteiger partial charge in [-0.25, -0.2) is 13.1 Å². The summed E-state index contributed by atoms with van der Waals surface area (Å²) >= 11 is 0. The van der Waals surface area contributed by atoms with Crippen molar-refractivity contribution in [3.63, 3.8) is 0 Å². The third-order valence-electron chi connectivity index (χ3n) is 6.77. The summed E-state index contributed by atoms with van der Waals surface area (Å²) in [6.45, 7) is 4.80. The quantitative estimate of drug-likeness (QED) is 0.241. The van der Waals surface area contributed by atoms with E-state index in [1.165, 1.54) is 5.56 Å². The van der Waals surface area contributed by atoms with Crippen molar-refractivity contribution < 1.29 is 13.2 Å². The number of amides is 1. The van der Waals surface area contributed by atoms with E-state index in [1.54, 1.807) is 35.2 Å². The molecular weight excluding hydrogens is 506 g/mol. The second kappa shape index (κ2) is 12.7. The molecule has 4 aromatic rings. The topological polar surface area (TPSA) is 69.7 Å². The molecule has 0 spiro atoms. The zero-order valence-corrected chi connectivity index (χ0v) is 23.4. The molecule has 1 amide bonds. The number of hydrogen-bond acceptors (Lipinski definition) is 4. The lowest BCUT2D eigenvalue weighted by atomic mass is 10.0. The molecule has 1 atom stereocenters. The van der Waals surface area contributed by atoms with Crippen LogP contribution in [0.25, 0.3) is 0 Å². The Morgan fingerprint density at radius 1 is 0.744 bits per heavy atom. The van der Waals surface area contributed by atoms with Gasteiger partial charge < -0.3 is 9.80 Å². The zero-order valence-electron chi connectivity index (χ0n) is 22.6. The fourth-order valence-electron chi connectivity index (χ4n) is 4.55. The monoisotopic (exact) mass is 541 g/mol. The average molecular weight is 542 g/mol. The summed E-state index contributed by atoms with van der Waals surface area (Å²) in [7, 11) is -1.76. The van der Waals surface area contributed by atoms with E-state index in [4.69, 9.17) is 0 Å². The first kappa shape index (κ1) is 28.1. The first-order valence-electron chi connectivity index (χ1n) is 13.0.